The Kier molecular flexibility index (Phi) is 21.6. The van der Waals surface area contributed by atoms with Gasteiger partial charge >= 0.3 is 11.9 Å². The number of benzene rings is 2. The molecular weight excluding hydrogens is 945 g/mol. The summed E-state index contributed by atoms with van der Waals surface area (Å²) in [5.41, 5.74) is 12.1. The quantitative estimate of drug-likeness (QED) is 0.0479. The van der Waals surface area contributed by atoms with Crippen LogP contribution in [0.3, 0.4) is 0 Å². The summed E-state index contributed by atoms with van der Waals surface area (Å²) in [7, 11) is 3.17. The number of methoxy groups -OCH3 is 2. The number of aliphatic hydroxyl groups excluding tert-OH is 1. The molecule has 10 atom stereocenters. The lowest BCUT2D eigenvalue weighted by Crippen LogP contribution is -2.33. The van der Waals surface area contributed by atoms with Gasteiger partial charge in [0.2, 0.25) is 11.6 Å². The monoisotopic (exact) mass is 1000 g/mol. The van der Waals surface area contributed by atoms with Crippen LogP contribution in [0, 0.1) is 0 Å². The Balaban J connectivity index is 0.000000197. The number of carboxylic acid groups (broad SMARTS) is 1. The van der Waals surface area contributed by atoms with E-state index in [0.29, 0.717) is 46.2 Å². The lowest BCUT2D eigenvalue weighted by atomic mass is 10.1. The number of carboxylic acids is 1. The molecule has 0 radical (unpaired) electrons. The Bertz CT molecular complexity index is 2240. The van der Waals surface area contributed by atoms with Gasteiger partial charge in [-0.2, -0.15) is 0 Å². The van der Waals surface area contributed by atoms with Gasteiger partial charge in [0.25, 0.3) is 11.8 Å². The van der Waals surface area contributed by atoms with E-state index in [1.54, 1.807) is 14.2 Å². The molecule has 0 bridgehead atoms. The summed E-state index contributed by atoms with van der Waals surface area (Å²) < 4.78 is 73.8. The summed E-state index contributed by atoms with van der Waals surface area (Å²) in [4.78, 5) is 52.4. The van der Waals surface area contributed by atoms with Crippen LogP contribution >= 0.6 is 0 Å². The summed E-state index contributed by atoms with van der Waals surface area (Å²) in [5.74, 6) is -3.28. The van der Waals surface area contributed by atoms with E-state index in [4.69, 9.17) is 78.2 Å². The van der Waals surface area contributed by atoms with Crippen LogP contribution in [0.2, 0.25) is 0 Å². The molecule has 27 nitrogen and oxygen atoms in total. The Morgan fingerprint density at radius 1 is 0.577 bits per heavy atom. The fourth-order valence-corrected chi connectivity index (χ4v) is 7.19. The lowest BCUT2D eigenvalue weighted by molar-refractivity contribution is -0.171. The number of carbonyl (C=O) groups excluding carboxylic acids is 3. The number of primary amides is 2. The van der Waals surface area contributed by atoms with Crippen molar-refractivity contribution in [1.29, 1.82) is 0 Å². The van der Waals surface area contributed by atoms with Crippen molar-refractivity contribution < 1.29 is 91.0 Å². The van der Waals surface area contributed by atoms with Gasteiger partial charge in [-0.15, -0.1) is 10.2 Å². The third kappa shape index (κ3) is 15.8. The molecule has 4 fully saturated rings. The summed E-state index contributed by atoms with van der Waals surface area (Å²) >= 11 is 0. The van der Waals surface area contributed by atoms with Gasteiger partial charge in [0.15, 0.2) is 25.0 Å². The number of hydrogen-bond donors (Lipinski definition) is 4. The highest BCUT2D eigenvalue weighted by atomic mass is 16.8. The molecule has 0 aliphatic carbocycles. The number of fused-ring (bicyclic) bond motifs is 2. The molecule has 6 N–H and O–H groups in total. The zero-order valence-corrected chi connectivity index (χ0v) is 38.9. The van der Waals surface area contributed by atoms with Crippen molar-refractivity contribution in [1.82, 2.24) is 29.5 Å². The van der Waals surface area contributed by atoms with Crippen LogP contribution in [0.5, 0.6) is 0 Å². The van der Waals surface area contributed by atoms with Gasteiger partial charge in [-0.05, 0) is 0 Å². The average Bonchev–Trinajstić information content (AvgIpc) is 4.25. The van der Waals surface area contributed by atoms with E-state index in [0.717, 1.165) is 11.1 Å². The highest BCUT2D eigenvalue weighted by Gasteiger charge is 2.55. The third-order valence-electron chi connectivity index (χ3n) is 10.5. The second kappa shape index (κ2) is 28.2. The van der Waals surface area contributed by atoms with E-state index >= 15 is 0 Å². The number of nitrogens with zero attached hydrogens (tertiary/aromatic N) is 6. The minimum atomic E-state index is -0.966. The summed E-state index contributed by atoms with van der Waals surface area (Å²) in [6.45, 7) is 2.46. The molecule has 4 saturated heterocycles. The number of aromatic nitrogens is 6. The number of aliphatic carboxylic acids is 1. The minimum Gasteiger partial charge on any atom is -0.480 e. The molecule has 0 spiro atoms. The summed E-state index contributed by atoms with van der Waals surface area (Å²) in [5, 5.41) is 25.8. The number of ether oxygens (including phenoxy) is 13. The van der Waals surface area contributed by atoms with Crippen molar-refractivity contribution in [2.45, 2.75) is 61.7 Å². The van der Waals surface area contributed by atoms with Crippen molar-refractivity contribution in [2.75, 3.05) is 93.5 Å². The van der Waals surface area contributed by atoms with Crippen LogP contribution in [0.15, 0.2) is 73.3 Å². The largest absolute Gasteiger partial charge is 0.480 e. The highest BCUT2D eigenvalue weighted by molar-refractivity contribution is 5.88. The fraction of sp³-hybridized carbons (Fsp3) is 0.545. The van der Waals surface area contributed by atoms with Crippen LogP contribution in [0.25, 0.3) is 0 Å². The smallest absolute Gasteiger partial charge is 0.332 e. The normalized spacial score (nSPS) is 25.1. The number of carbonyl (C=O) groups is 4. The van der Waals surface area contributed by atoms with Crippen LogP contribution in [-0.4, -0.2) is 194 Å². The second-order valence-corrected chi connectivity index (χ2v) is 15.4. The third-order valence-corrected chi connectivity index (χ3v) is 10.5. The summed E-state index contributed by atoms with van der Waals surface area (Å²) in [6.07, 6.45) is -3.26. The Hall–Kier alpha value is -5.92. The number of nitrogens with two attached hydrogens (primary N) is 2. The zero-order valence-electron chi connectivity index (χ0n) is 38.9. The van der Waals surface area contributed by atoms with E-state index in [-0.39, 0.29) is 44.7 Å². The van der Waals surface area contributed by atoms with Crippen molar-refractivity contribution in [3.05, 3.63) is 96.1 Å². The standard InChI is InChI=1S/C22H28N4O9.C15H16N4O5.C7H14O5/c1-29-7-8-30-9-10-31-12-16(27)32-11-15-17-18(35-22(34-17)14-5-3-2-4-6-14)21(33-15)26-13-24-20(25-26)19(23)28;16-12(21)13-17-7-19(18-13)14-11-10(9(6-20)22-14)23-15(24-11)8-4-2-1-3-5-8;1-10-2-3-11-4-5-12-6-7(8)9/h2-6,13,15,17-18,21-22H,7-12H2,1H3,(H2,23,28);1-5,7,9-11,14-15,20H,6H2,(H2,16,21);2-6H2,1H3,(H,8,9)/t15-,17?,18-,21-,22?;9-,10?,11-,14-,15+;/m11./s1. The number of esters is 1. The highest BCUT2D eigenvalue weighted by Crippen LogP contribution is 2.45. The minimum absolute atomic E-state index is 0.0908. The number of hydrogen-bond acceptors (Lipinski definition) is 22. The first kappa shape index (κ1) is 54.4. The summed E-state index contributed by atoms with van der Waals surface area (Å²) in [6, 6.07) is 18.9. The van der Waals surface area contributed by atoms with Crippen LogP contribution in [0.4, 0.5) is 0 Å². The predicted octanol–water partition coefficient (Wildman–Crippen LogP) is -0.520. The molecule has 4 aromatic rings. The molecule has 2 aromatic carbocycles. The van der Waals surface area contributed by atoms with Crippen LogP contribution < -0.4 is 11.5 Å². The molecule has 2 amide bonds. The maximum Gasteiger partial charge on any atom is 0.332 e. The average molecular weight is 1000 g/mol. The first-order valence-corrected chi connectivity index (χ1v) is 22.2. The molecule has 3 unspecified atom stereocenters. The molecular formula is C44H58N8O19. The fourth-order valence-electron chi connectivity index (χ4n) is 7.19. The van der Waals surface area contributed by atoms with Crippen molar-refractivity contribution >= 4 is 23.8 Å². The molecule has 8 rings (SSSR count). The SMILES string of the molecule is COCCOCCOCC(=O)O.COCCOCCOCC(=O)OC[C@H]1O[C@@H](n2cnc(C(N)=O)n2)[C@@H]2OC(c3ccccc3)OC21.NC(=O)c1ncn([C@@H]2O[C@H](CO)C3O[C@H](c4ccccc4)O[C@H]32)n1. The van der Waals surface area contributed by atoms with E-state index in [9.17, 15) is 24.3 Å². The molecule has 71 heavy (non-hydrogen) atoms. The number of amides is 2. The topological polar surface area (TPSA) is 342 Å². The van der Waals surface area contributed by atoms with E-state index in [1.165, 1.54) is 22.0 Å². The van der Waals surface area contributed by atoms with E-state index in [1.807, 2.05) is 60.7 Å². The Morgan fingerprint density at radius 3 is 1.44 bits per heavy atom. The van der Waals surface area contributed by atoms with E-state index < -0.39 is 85.4 Å². The molecule has 27 heteroatoms. The molecule has 388 valence electrons. The number of rotatable bonds is 25. The van der Waals surface area contributed by atoms with Gasteiger partial charge < -0.3 is 83.3 Å². The first-order valence-electron chi connectivity index (χ1n) is 22.2. The van der Waals surface area contributed by atoms with Crippen molar-refractivity contribution in [3.8, 4) is 0 Å². The predicted molar refractivity (Wildman–Crippen MR) is 235 cm³/mol. The van der Waals surface area contributed by atoms with Gasteiger partial charge in [-0.1, -0.05) is 60.7 Å². The van der Waals surface area contributed by atoms with Gasteiger partial charge in [-0.25, -0.2) is 28.9 Å². The molecule has 4 aliphatic rings. The van der Waals surface area contributed by atoms with Gasteiger partial charge in [0.05, 0.1) is 59.5 Å². The first-order chi connectivity index (χ1) is 34.5. The van der Waals surface area contributed by atoms with Gasteiger partial charge in [0.1, 0.15) is 69.1 Å². The number of aliphatic hydroxyl groups is 1. The molecule has 4 aliphatic heterocycles. The maximum atomic E-state index is 12.1. The van der Waals surface area contributed by atoms with Gasteiger partial charge in [0, 0.05) is 25.3 Å². The van der Waals surface area contributed by atoms with Crippen LogP contribution in [-0.2, 0) is 71.2 Å². The molecule has 2 aromatic heterocycles. The maximum absolute atomic E-state index is 12.1. The molecule has 6 heterocycles. The van der Waals surface area contributed by atoms with Crippen molar-refractivity contribution in [3.63, 3.8) is 0 Å². The van der Waals surface area contributed by atoms with Crippen LogP contribution in [0.1, 0.15) is 57.4 Å². The Morgan fingerprint density at radius 2 is 1.00 bits per heavy atom. The van der Waals surface area contributed by atoms with E-state index in [2.05, 4.69) is 20.2 Å². The van der Waals surface area contributed by atoms with Gasteiger partial charge in [-0.3, -0.25) is 9.59 Å². The Labute approximate surface area is 406 Å². The second-order valence-electron chi connectivity index (χ2n) is 15.4. The zero-order chi connectivity index (χ0) is 50.5. The lowest BCUT2D eigenvalue weighted by Gasteiger charge is -2.20. The molecule has 0 saturated carbocycles. The van der Waals surface area contributed by atoms with Crippen molar-refractivity contribution in [2.24, 2.45) is 11.5 Å².